The van der Waals surface area contributed by atoms with Crippen LogP contribution in [0.1, 0.15) is 27.7 Å². The largest absolute Gasteiger partial charge is 0.478 e. The van der Waals surface area contributed by atoms with Gasteiger partial charge in [-0.05, 0) is 27.7 Å². The van der Waals surface area contributed by atoms with Crippen molar-refractivity contribution in [2.24, 2.45) is 0 Å². The summed E-state index contributed by atoms with van der Waals surface area (Å²) in [5.74, 6) is -2.43. The minimum atomic E-state index is -2.01. The van der Waals surface area contributed by atoms with E-state index in [1.165, 1.54) is 6.92 Å². The molecule has 0 saturated heterocycles. The van der Waals surface area contributed by atoms with Crippen LogP contribution < -0.4 is 10.6 Å². The lowest BCUT2D eigenvalue weighted by Crippen LogP contribution is -2.51. The van der Waals surface area contributed by atoms with Gasteiger partial charge in [-0.3, -0.25) is 4.79 Å². The number of amides is 2. The van der Waals surface area contributed by atoms with E-state index in [2.05, 4.69) is 5.32 Å². The zero-order valence-electron chi connectivity index (χ0n) is 10.7. The molecule has 8 heteroatoms. The van der Waals surface area contributed by atoms with Crippen molar-refractivity contribution in [2.45, 2.75) is 45.6 Å². The Balaban J connectivity index is 4.24. The number of aliphatic hydroxyl groups is 1. The topological polar surface area (TPSA) is 125 Å². The number of nitrogens with one attached hydrogen (secondary N) is 2. The lowest BCUT2D eigenvalue weighted by Gasteiger charge is -2.21. The second-order valence-corrected chi connectivity index (χ2v) is 4.62. The summed E-state index contributed by atoms with van der Waals surface area (Å²) in [6.07, 6.45) is -2.82. The summed E-state index contributed by atoms with van der Waals surface area (Å²) >= 11 is 0. The minimum Gasteiger partial charge on any atom is -0.478 e. The Morgan fingerprint density at radius 2 is 1.67 bits per heavy atom. The highest BCUT2D eigenvalue weighted by molar-refractivity contribution is 5.88. The zero-order valence-corrected chi connectivity index (χ0v) is 10.7. The van der Waals surface area contributed by atoms with Gasteiger partial charge < -0.3 is 25.6 Å². The van der Waals surface area contributed by atoms with Crippen LogP contribution in [0.3, 0.4) is 0 Å². The van der Waals surface area contributed by atoms with E-state index in [1.54, 1.807) is 26.1 Å². The van der Waals surface area contributed by atoms with Crippen LogP contribution >= 0.6 is 0 Å². The fourth-order valence-corrected chi connectivity index (χ4v) is 0.871. The van der Waals surface area contributed by atoms with Gasteiger partial charge in [0, 0.05) is 0 Å². The second-order valence-electron chi connectivity index (χ2n) is 4.62. The number of carboxylic acids is 1. The van der Waals surface area contributed by atoms with Crippen LogP contribution in [-0.4, -0.2) is 46.1 Å². The standard InChI is InChI=1S/C10H18N2O6/c1-5(6(13)12-7(14)8(15)16)11-9(17)18-10(2,3)4/h5,7,14H,1-4H3,(H,11,17)(H,12,13)(H,15,16)/t5-,7?/m0/s1. The Bertz CT molecular complexity index is 336. The lowest BCUT2D eigenvalue weighted by atomic mass is 10.2. The zero-order chi connectivity index (χ0) is 14.5. The highest BCUT2D eigenvalue weighted by atomic mass is 16.6. The third kappa shape index (κ3) is 6.69. The maximum absolute atomic E-state index is 11.4. The Hall–Kier alpha value is -1.83. The summed E-state index contributed by atoms with van der Waals surface area (Å²) in [4.78, 5) is 32.9. The molecule has 2 amide bonds. The van der Waals surface area contributed by atoms with E-state index in [0.717, 1.165) is 0 Å². The van der Waals surface area contributed by atoms with Crippen molar-refractivity contribution in [1.29, 1.82) is 0 Å². The Morgan fingerprint density at radius 3 is 2.06 bits per heavy atom. The number of ether oxygens (including phenoxy) is 1. The predicted octanol–water partition coefficient (Wildman–Crippen LogP) is -0.581. The van der Waals surface area contributed by atoms with Crippen molar-refractivity contribution >= 4 is 18.0 Å². The van der Waals surface area contributed by atoms with Crippen molar-refractivity contribution in [3.8, 4) is 0 Å². The third-order valence-electron chi connectivity index (χ3n) is 1.64. The molecule has 0 aromatic carbocycles. The fraction of sp³-hybridized carbons (Fsp3) is 0.700. The first-order valence-corrected chi connectivity index (χ1v) is 5.23. The van der Waals surface area contributed by atoms with E-state index in [0.29, 0.717) is 0 Å². The van der Waals surface area contributed by atoms with Gasteiger partial charge in [0.2, 0.25) is 12.1 Å². The van der Waals surface area contributed by atoms with Crippen LogP contribution in [0.25, 0.3) is 0 Å². The maximum Gasteiger partial charge on any atom is 0.408 e. The number of carbonyl (C=O) groups is 3. The molecular weight excluding hydrogens is 244 g/mol. The van der Waals surface area contributed by atoms with Gasteiger partial charge in [-0.2, -0.15) is 0 Å². The van der Waals surface area contributed by atoms with Crippen molar-refractivity contribution in [3.05, 3.63) is 0 Å². The number of carboxylic acid groups (broad SMARTS) is 1. The average Bonchev–Trinajstić information content (AvgIpc) is 2.13. The van der Waals surface area contributed by atoms with Crippen LogP contribution in [0.2, 0.25) is 0 Å². The van der Waals surface area contributed by atoms with E-state index >= 15 is 0 Å². The minimum absolute atomic E-state index is 0.707. The molecule has 8 nitrogen and oxygen atoms in total. The van der Waals surface area contributed by atoms with Gasteiger partial charge in [0.1, 0.15) is 11.6 Å². The molecular formula is C10H18N2O6. The fourth-order valence-electron chi connectivity index (χ4n) is 0.871. The van der Waals surface area contributed by atoms with Crippen LogP contribution in [-0.2, 0) is 14.3 Å². The highest BCUT2D eigenvalue weighted by Gasteiger charge is 2.23. The van der Waals surface area contributed by atoms with Crippen LogP contribution in [0.5, 0.6) is 0 Å². The summed E-state index contributed by atoms with van der Waals surface area (Å²) in [6.45, 7) is 6.30. The summed E-state index contributed by atoms with van der Waals surface area (Å²) in [7, 11) is 0. The lowest BCUT2D eigenvalue weighted by molar-refractivity contribution is -0.151. The molecule has 0 fully saturated rings. The Kier molecular flexibility index (Phi) is 5.57. The van der Waals surface area contributed by atoms with Gasteiger partial charge in [0.15, 0.2) is 0 Å². The molecule has 1 unspecified atom stereocenters. The van der Waals surface area contributed by atoms with Gasteiger partial charge in [-0.25, -0.2) is 9.59 Å². The SMILES string of the molecule is C[C@H](NC(=O)OC(C)(C)C)C(=O)NC(O)C(=O)O. The molecule has 0 aromatic heterocycles. The molecule has 104 valence electrons. The molecule has 0 aliphatic rings. The summed E-state index contributed by atoms with van der Waals surface area (Å²) < 4.78 is 4.90. The molecule has 0 aromatic rings. The van der Waals surface area contributed by atoms with Crippen molar-refractivity contribution in [2.75, 3.05) is 0 Å². The molecule has 18 heavy (non-hydrogen) atoms. The first-order valence-electron chi connectivity index (χ1n) is 5.23. The molecule has 0 saturated carbocycles. The number of hydrogen-bond donors (Lipinski definition) is 4. The number of aliphatic hydroxyl groups excluding tert-OH is 1. The van der Waals surface area contributed by atoms with Crippen LogP contribution in [0.4, 0.5) is 4.79 Å². The molecule has 4 N–H and O–H groups in total. The van der Waals surface area contributed by atoms with Crippen molar-refractivity contribution < 1.29 is 29.3 Å². The summed E-state index contributed by atoms with van der Waals surface area (Å²) in [5, 5.41) is 21.3. The second kappa shape index (κ2) is 6.20. The monoisotopic (exact) mass is 262 g/mol. The third-order valence-corrected chi connectivity index (χ3v) is 1.64. The molecule has 0 heterocycles. The number of carbonyl (C=O) groups excluding carboxylic acids is 2. The summed E-state index contributed by atoms with van der Waals surface area (Å²) in [6, 6.07) is -1.03. The Morgan fingerprint density at radius 1 is 1.17 bits per heavy atom. The highest BCUT2D eigenvalue weighted by Crippen LogP contribution is 2.06. The van der Waals surface area contributed by atoms with Crippen LogP contribution in [0, 0.1) is 0 Å². The first kappa shape index (κ1) is 16.2. The number of aliphatic carboxylic acids is 1. The van der Waals surface area contributed by atoms with Gasteiger partial charge in [0.05, 0.1) is 0 Å². The van der Waals surface area contributed by atoms with Gasteiger partial charge in [0.25, 0.3) is 0 Å². The van der Waals surface area contributed by atoms with Gasteiger partial charge >= 0.3 is 12.1 Å². The van der Waals surface area contributed by atoms with Gasteiger partial charge in [-0.15, -0.1) is 0 Å². The molecule has 0 bridgehead atoms. The smallest absolute Gasteiger partial charge is 0.408 e. The molecule has 0 radical (unpaired) electrons. The number of alkyl carbamates (subject to hydrolysis) is 1. The molecule has 0 rings (SSSR count). The Labute approximate surface area is 104 Å². The van der Waals surface area contributed by atoms with E-state index < -0.39 is 35.8 Å². The average molecular weight is 262 g/mol. The van der Waals surface area contributed by atoms with E-state index in [9.17, 15) is 14.4 Å². The molecule has 0 aliphatic carbocycles. The van der Waals surface area contributed by atoms with Crippen molar-refractivity contribution in [1.82, 2.24) is 10.6 Å². The first-order chi connectivity index (χ1) is 8.03. The quantitative estimate of drug-likeness (QED) is 0.502. The van der Waals surface area contributed by atoms with Crippen LogP contribution in [0.15, 0.2) is 0 Å². The summed E-state index contributed by atoms with van der Waals surface area (Å²) in [5.41, 5.74) is -0.707. The number of hydrogen-bond acceptors (Lipinski definition) is 5. The molecule has 0 aliphatic heterocycles. The van der Waals surface area contributed by atoms with Crippen molar-refractivity contribution in [3.63, 3.8) is 0 Å². The van der Waals surface area contributed by atoms with E-state index in [-0.39, 0.29) is 0 Å². The predicted molar refractivity (Wildman–Crippen MR) is 60.6 cm³/mol. The maximum atomic E-state index is 11.4. The molecule has 2 atom stereocenters. The van der Waals surface area contributed by atoms with E-state index in [4.69, 9.17) is 14.9 Å². The van der Waals surface area contributed by atoms with E-state index in [1.807, 2.05) is 0 Å². The normalized spacial score (nSPS) is 14.3. The molecule has 0 spiro atoms. The number of rotatable bonds is 4. The van der Waals surface area contributed by atoms with Gasteiger partial charge in [-0.1, -0.05) is 0 Å².